The van der Waals surface area contributed by atoms with Crippen molar-refractivity contribution in [3.8, 4) is 17.0 Å². The second kappa shape index (κ2) is 8.11. The summed E-state index contributed by atoms with van der Waals surface area (Å²) in [7, 11) is 0. The van der Waals surface area contributed by atoms with Crippen molar-refractivity contribution >= 4 is 11.8 Å². The second-order valence-corrected chi connectivity index (χ2v) is 6.68. The minimum atomic E-state index is -4.75. The number of primary amides is 1. The van der Waals surface area contributed by atoms with Gasteiger partial charge in [-0.25, -0.2) is 4.98 Å². The zero-order valence-electron chi connectivity index (χ0n) is 15.4. The van der Waals surface area contributed by atoms with E-state index in [-0.39, 0.29) is 31.0 Å². The average molecular weight is 411 g/mol. The number of ether oxygens (including phenoxy) is 1. The molecule has 1 aromatic carbocycles. The molecule has 8 nitrogen and oxygen atoms in total. The number of imidazole rings is 1. The average Bonchev–Trinajstić information content (AvgIpc) is 3.08. The van der Waals surface area contributed by atoms with E-state index in [2.05, 4.69) is 9.72 Å². The second-order valence-electron chi connectivity index (χ2n) is 6.68. The number of alkyl halides is 3. The van der Waals surface area contributed by atoms with Gasteiger partial charge in [0.1, 0.15) is 11.6 Å². The first kappa shape index (κ1) is 20.6. The molecule has 4 N–H and O–H groups in total. The predicted octanol–water partition coefficient (Wildman–Crippen LogP) is 1.38. The Kier molecular flexibility index (Phi) is 5.78. The number of nitrogens with zero attached hydrogens (tertiary/aromatic N) is 3. The number of fused-ring (bicyclic) bond motifs is 1. The van der Waals surface area contributed by atoms with Crippen molar-refractivity contribution in [1.29, 1.82) is 0 Å². The molecule has 1 atom stereocenters. The van der Waals surface area contributed by atoms with Gasteiger partial charge in [-0.15, -0.1) is 13.2 Å². The molecular formula is C18H20F3N5O3. The maximum atomic E-state index is 12.5. The molecule has 2 aromatic rings. The Bertz CT molecular complexity index is 895. The third kappa shape index (κ3) is 5.25. The third-order valence-corrected chi connectivity index (χ3v) is 4.52. The third-order valence-electron chi connectivity index (χ3n) is 4.52. The van der Waals surface area contributed by atoms with E-state index in [1.54, 1.807) is 11.1 Å². The highest BCUT2D eigenvalue weighted by molar-refractivity contribution is 5.82. The van der Waals surface area contributed by atoms with E-state index in [1.807, 2.05) is 4.57 Å². The maximum Gasteiger partial charge on any atom is 0.573 e. The number of benzene rings is 1. The molecule has 0 fully saturated rings. The SMILES string of the molecule is NC(=O)CC[C@H](N)C(=O)N1CCn2cc(-c3ccc(OC(F)(F)F)cc3)nc2C1. The van der Waals surface area contributed by atoms with Crippen LogP contribution in [0.15, 0.2) is 30.5 Å². The number of halogens is 3. The summed E-state index contributed by atoms with van der Waals surface area (Å²) in [6.07, 6.45) is -2.75. The normalized spacial score (nSPS) is 15.0. The van der Waals surface area contributed by atoms with Crippen LogP contribution in [0.1, 0.15) is 18.7 Å². The molecule has 0 saturated carbocycles. The lowest BCUT2D eigenvalue weighted by atomic mass is 10.1. The lowest BCUT2D eigenvalue weighted by Gasteiger charge is -2.29. The molecule has 2 heterocycles. The van der Waals surface area contributed by atoms with Gasteiger partial charge in [-0.05, 0) is 30.7 Å². The largest absolute Gasteiger partial charge is 0.573 e. The molecule has 0 spiro atoms. The van der Waals surface area contributed by atoms with Crippen LogP contribution in [-0.4, -0.2) is 45.2 Å². The first-order chi connectivity index (χ1) is 13.6. The van der Waals surface area contributed by atoms with E-state index in [9.17, 15) is 22.8 Å². The molecule has 1 aromatic heterocycles. The molecule has 0 radical (unpaired) electrons. The van der Waals surface area contributed by atoms with Crippen molar-refractivity contribution in [1.82, 2.24) is 14.5 Å². The van der Waals surface area contributed by atoms with Crippen molar-refractivity contribution in [2.24, 2.45) is 11.5 Å². The molecule has 0 unspecified atom stereocenters. The number of carbonyl (C=O) groups is 2. The molecule has 1 aliphatic heterocycles. The number of nitrogens with two attached hydrogens (primary N) is 2. The number of rotatable bonds is 6. The van der Waals surface area contributed by atoms with Crippen LogP contribution < -0.4 is 16.2 Å². The van der Waals surface area contributed by atoms with Crippen LogP contribution in [-0.2, 0) is 22.7 Å². The summed E-state index contributed by atoms with van der Waals surface area (Å²) in [4.78, 5) is 29.4. The predicted molar refractivity (Wildman–Crippen MR) is 96.2 cm³/mol. The Morgan fingerprint density at radius 2 is 1.90 bits per heavy atom. The summed E-state index contributed by atoms with van der Waals surface area (Å²) < 4.78 is 42.5. The minimum Gasteiger partial charge on any atom is -0.406 e. The molecule has 156 valence electrons. The molecule has 0 aliphatic carbocycles. The zero-order chi connectivity index (χ0) is 21.2. The van der Waals surface area contributed by atoms with Gasteiger partial charge in [-0.2, -0.15) is 0 Å². The quantitative estimate of drug-likeness (QED) is 0.745. The Morgan fingerprint density at radius 3 is 2.52 bits per heavy atom. The van der Waals surface area contributed by atoms with E-state index in [1.165, 1.54) is 24.3 Å². The molecule has 29 heavy (non-hydrogen) atoms. The fourth-order valence-corrected chi connectivity index (χ4v) is 3.06. The van der Waals surface area contributed by atoms with Gasteiger partial charge in [0, 0.05) is 31.3 Å². The highest BCUT2D eigenvalue weighted by atomic mass is 19.4. The van der Waals surface area contributed by atoms with Gasteiger partial charge in [-0.1, -0.05) is 0 Å². The molecule has 1 aliphatic rings. The van der Waals surface area contributed by atoms with E-state index in [4.69, 9.17) is 11.5 Å². The van der Waals surface area contributed by atoms with Crippen molar-refractivity contribution < 1.29 is 27.5 Å². The Balaban J connectivity index is 1.68. The first-order valence-corrected chi connectivity index (χ1v) is 8.87. The summed E-state index contributed by atoms with van der Waals surface area (Å²) in [6.45, 7) is 1.19. The van der Waals surface area contributed by atoms with Crippen molar-refractivity contribution in [2.75, 3.05) is 6.54 Å². The van der Waals surface area contributed by atoms with Crippen LogP contribution in [0.5, 0.6) is 5.75 Å². The van der Waals surface area contributed by atoms with Crippen molar-refractivity contribution in [3.05, 3.63) is 36.3 Å². The van der Waals surface area contributed by atoms with E-state index in [0.29, 0.717) is 30.2 Å². The Hall–Kier alpha value is -3.08. The van der Waals surface area contributed by atoms with E-state index in [0.717, 1.165) is 0 Å². The molecule has 0 saturated heterocycles. The summed E-state index contributed by atoms with van der Waals surface area (Å²) in [5.41, 5.74) is 12.1. The lowest BCUT2D eigenvalue weighted by molar-refractivity contribution is -0.274. The first-order valence-electron chi connectivity index (χ1n) is 8.87. The fraction of sp³-hybridized carbons (Fsp3) is 0.389. The lowest BCUT2D eigenvalue weighted by Crippen LogP contribution is -2.47. The fourth-order valence-electron chi connectivity index (χ4n) is 3.06. The summed E-state index contributed by atoms with van der Waals surface area (Å²) >= 11 is 0. The van der Waals surface area contributed by atoms with Crippen molar-refractivity contribution in [3.63, 3.8) is 0 Å². The number of aromatic nitrogens is 2. The van der Waals surface area contributed by atoms with E-state index < -0.39 is 18.3 Å². The number of hydrogen-bond donors (Lipinski definition) is 2. The van der Waals surface area contributed by atoms with Gasteiger partial charge in [0.15, 0.2) is 0 Å². The standard InChI is InChI=1S/C18H20F3N5O3/c19-18(20,21)29-12-3-1-11(2-4-12)14-9-25-7-8-26(10-16(25)24-14)17(28)13(22)5-6-15(23)27/h1-4,9,13H,5-8,10,22H2,(H2,23,27)/t13-/m0/s1. The van der Waals surface area contributed by atoms with E-state index >= 15 is 0 Å². The Labute approximate surface area is 164 Å². The number of amides is 2. The summed E-state index contributed by atoms with van der Waals surface area (Å²) in [5.74, 6) is -0.473. The Morgan fingerprint density at radius 1 is 1.21 bits per heavy atom. The molecule has 3 rings (SSSR count). The van der Waals surface area contributed by atoms with Gasteiger partial charge < -0.3 is 25.7 Å². The van der Waals surface area contributed by atoms with Crippen LogP contribution >= 0.6 is 0 Å². The smallest absolute Gasteiger partial charge is 0.406 e. The van der Waals surface area contributed by atoms with Crippen molar-refractivity contribution in [2.45, 2.75) is 38.3 Å². The van der Waals surface area contributed by atoms with Crippen LogP contribution in [0.3, 0.4) is 0 Å². The van der Waals surface area contributed by atoms with Crippen LogP contribution in [0.25, 0.3) is 11.3 Å². The van der Waals surface area contributed by atoms with Gasteiger partial charge in [0.2, 0.25) is 11.8 Å². The highest BCUT2D eigenvalue weighted by Crippen LogP contribution is 2.27. The molecule has 11 heteroatoms. The maximum absolute atomic E-state index is 12.5. The summed E-state index contributed by atoms with van der Waals surface area (Å²) in [6, 6.07) is 4.59. The minimum absolute atomic E-state index is 0.0353. The van der Waals surface area contributed by atoms with Crippen LogP contribution in [0, 0.1) is 0 Å². The highest BCUT2D eigenvalue weighted by Gasteiger charge is 2.31. The molecular weight excluding hydrogens is 391 g/mol. The summed E-state index contributed by atoms with van der Waals surface area (Å²) in [5, 5.41) is 0. The van der Waals surface area contributed by atoms with Gasteiger partial charge in [0.25, 0.3) is 0 Å². The van der Waals surface area contributed by atoms with Gasteiger partial charge in [-0.3, -0.25) is 9.59 Å². The number of carbonyl (C=O) groups excluding carboxylic acids is 2. The zero-order valence-corrected chi connectivity index (χ0v) is 15.4. The van der Waals surface area contributed by atoms with Crippen LogP contribution in [0.4, 0.5) is 13.2 Å². The monoisotopic (exact) mass is 411 g/mol. The number of hydrogen-bond acceptors (Lipinski definition) is 5. The molecule has 0 bridgehead atoms. The topological polar surface area (TPSA) is 116 Å². The van der Waals surface area contributed by atoms with Gasteiger partial charge >= 0.3 is 6.36 Å². The van der Waals surface area contributed by atoms with Gasteiger partial charge in [0.05, 0.1) is 18.3 Å². The molecule has 2 amide bonds. The van der Waals surface area contributed by atoms with Crippen LogP contribution in [0.2, 0.25) is 0 Å².